The second-order valence-corrected chi connectivity index (χ2v) is 7.75. The predicted octanol–water partition coefficient (Wildman–Crippen LogP) is 5.35. The Morgan fingerprint density at radius 3 is 2.66 bits per heavy atom. The quantitative estimate of drug-likeness (QED) is 0.280. The van der Waals surface area contributed by atoms with Gasteiger partial charge in [0, 0.05) is 5.56 Å². The molecule has 3 aromatic rings. The number of nitrogens with zero attached hydrogens (tertiary/aromatic N) is 3. The highest BCUT2D eigenvalue weighted by atomic mass is 32.2. The second-order valence-electron chi connectivity index (χ2n) is 6.74. The number of thioether (sulfide) groups is 1. The zero-order valence-electron chi connectivity index (χ0n) is 17.4. The molecule has 1 aromatic heterocycles. The fourth-order valence-corrected chi connectivity index (χ4v) is 3.91. The van der Waals surface area contributed by atoms with Crippen LogP contribution in [0.15, 0.2) is 105 Å². The first-order valence-electron chi connectivity index (χ1n) is 9.94. The third kappa shape index (κ3) is 5.25. The van der Waals surface area contributed by atoms with Crippen molar-refractivity contribution in [1.29, 1.82) is 0 Å². The highest BCUT2D eigenvalue weighted by Gasteiger charge is 2.33. The Labute approximate surface area is 190 Å². The van der Waals surface area contributed by atoms with Gasteiger partial charge in [0.1, 0.15) is 11.5 Å². The summed E-state index contributed by atoms with van der Waals surface area (Å²) >= 11 is 1.28. The van der Waals surface area contributed by atoms with E-state index >= 15 is 0 Å². The Kier molecular flexibility index (Phi) is 6.99. The van der Waals surface area contributed by atoms with E-state index in [2.05, 4.69) is 10.2 Å². The number of allylic oxidation sites excluding steroid dienone is 2. The van der Waals surface area contributed by atoms with Crippen LogP contribution in [0.5, 0.6) is 5.75 Å². The van der Waals surface area contributed by atoms with Crippen LogP contribution in [0, 0.1) is 0 Å². The molecule has 1 aliphatic heterocycles. The molecule has 1 saturated heterocycles. The van der Waals surface area contributed by atoms with Crippen molar-refractivity contribution >= 4 is 35.1 Å². The monoisotopic (exact) mass is 443 g/mol. The van der Waals surface area contributed by atoms with Gasteiger partial charge in [0.25, 0.3) is 5.91 Å². The van der Waals surface area contributed by atoms with Crippen LogP contribution in [-0.2, 0) is 11.3 Å². The summed E-state index contributed by atoms with van der Waals surface area (Å²) in [7, 11) is 1.61. The Hall–Kier alpha value is -3.84. The fraction of sp³-hybridized carbons (Fsp3) is 0.0800. The average molecular weight is 444 g/mol. The van der Waals surface area contributed by atoms with Crippen molar-refractivity contribution in [3.63, 3.8) is 0 Å². The molecule has 1 fully saturated rings. The number of hydrogen-bond acceptors (Lipinski definition) is 6. The molecule has 0 spiro atoms. The lowest BCUT2D eigenvalue weighted by molar-refractivity contribution is -0.122. The van der Waals surface area contributed by atoms with E-state index in [0.717, 1.165) is 11.1 Å². The number of benzene rings is 2. The highest BCUT2D eigenvalue weighted by Crippen LogP contribution is 2.32. The number of ether oxygens (including phenoxy) is 1. The number of carbonyl (C=O) groups excluding carboxylic acids is 1. The smallest absolute Gasteiger partial charge is 0.267 e. The number of furan rings is 1. The largest absolute Gasteiger partial charge is 0.496 e. The van der Waals surface area contributed by atoms with Crippen molar-refractivity contribution in [1.82, 2.24) is 4.90 Å². The topological polar surface area (TPSA) is 67.4 Å². The minimum absolute atomic E-state index is 0.143. The molecule has 32 heavy (non-hydrogen) atoms. The molecule has 0 bridgehead atoms. The number of methoxy groups -OCH3 is 1. The molecular formula is C25H21N3O3S. The third-order valence-electron chi connectivity index (χ3n) is 4.60. The lowest BCUT2D eigenvalue weighted by Crippen LogP contribution is -2.28. The van der Waals surface area contributed by atoms with Gasteiger partial charge in [-0.2, -0.15) is 5.10 Å². The van der Waals surface area contributed by atoms with E-state index in [4.69, 9.17) is 9.15 Å². The van der Waals surface area contributed by atoms with Gasteiger partial charge in [-0.3, -0.25) is 9.69 Å². The molecule has 0 radical (unpaired) electrons. The molecule has 4 rings (SSSR count). The fourth-order valence-electron chi connectivity index (χ4n) is 3.02. The third-order valence-corrected chi connectivity index (χ3v) is 5.61. The van der Waals surface area contributed by atoms with Crippen LogP contribution in [0.4, 0.5) is 0 Å². The lowest BCUT2D eigenvalue weighted by Gasteiger charge is -2.12. The van der Waals surface area contributed by atoms with Crippen LogP contribution in [0.3, 0.4) is 0 Å². The summed E-state index contributed by atoms with van der Waals surface area (Å²) < 4.78 is 10.8. The number of para-hydroxylation sites is 1. The minimum atomic E-state index is -0.143. The number of hydrogen-bond donors (Lipinski definition) is 0. The number of amides is 1. The predicted molar refractivity (Wildman–Crippen MR) is 128 cm³/mol. The maximum atomic E-state index is 13.0. The molecule has 2 heterocycles. The summed E-state index contributed by atoms with van der Waals surface area (Å²) in [5.41, 5.74) is 1.86. The van der Waals surface area contributed by atoms with Gasteiger partial charge in [-0.1, -0.05) is 54.6 Å². The molecule has 1 amide bonds. The molecule has 0 N–H and O–H groups in total. The van der Waals surface area contributed by atoms with E-state index in [1.807, 2.05) is 72.8 Å². The summed E-state index contributed by atoms with van der Waals surface area (Å²) in [6.45, 7) is 0.279. The Morgan fingerprint density at radius 2 is 1.88 bits per heavy atom. The molecule has 6 nitrogen and oxygen atoms in total. The van der Waals surface area contributed by atoms with Crippen LogP contribution in [0.1, 0.15) is 16.9 Å². The molecule has 2 aromatic carbocycles. The van der Waals surface area contributed by atoms with Gasteiger partial charge in [0.2, 0.25) is 0 Å². The molecule has 1 aliphatic rings. The lowest BCUT2D eigenvalue weighted by atomic mass is 10.2. The van der Waals surface area contributed by atoms with Gasteiger partial charge in [-0.25, -0.2) is 0 Å². The van der Waals surface area contributed by atoms with Gasteiger partial charge < -0.3 is 9.15 Å². The van der Waals surface area contributed by atoms with Crippen molar-refractivity contribution in [2.45, 2.75) is 6.54 Å². The number of amidine groups is 1. The Bertz CT molecular complexity index is 1180. The molecule has 0 unspecified atom stereocenters. The number of rotatable bonds is 7. The van der Waals surface area contributed by atoms with Crippen LogP contribution in [-0.4, -0.2) is 29.3 Å². The molecular weight excluding hydrogens is 422 g/mol. The van der Waals surface area contributed by atoms with Gasteiger partial charge in [-0.05, 0) is 47.7 Å². The van der Waals surface area contributed by atoms with E-state index < -0.39 is 0 Å². The molecule has 0 aliphatic carbocycles. The molecule has 160 valence electrons. The van der Waals surface area contributed by atoms with Crippen molar-refractivity contribution in [3.05, 3.63) is 107 Å². The maximum Gasteiger partial charge on any atom is 0.267 e. The first kappa shape index (κ1) is 21.4. The summed E-state index contributed by atoms with van der Waals surface area (Å²) in [4.78, 5) is 15.2. The van der Waals surface area contributed by atoms with E-state index in [1.165, 1.54) is 11.8 Å². The maximum absolute atomic E-state index is 13.0. The normalized spacial score (nSPS) is 16.8. The van der Waals surface area contributed by atoms with Crippen LogP contribution < -0.4 is 4.74 Å². The van der Waals surface area contributed by atoms with E-state index in [-0.39, 0.29) is 12.5 Å². The van der Waals surface area contributed by atoms with Crippen LogP contribution in [0.25, 0.3) is 6.08 Å². The van der Waals surface area contributed by atoms with E-state index in [0.29, 0.717) is 21.6 Å². The SMILES string of the molecule is COc1ccccc1/C=N/N=C1\S/C(=C\C=C\c2ccccc2)C(=O)N1Cc1ccco1. The van der Waals surface area contributed by atoms with Gasteiger partial charge in [-0.15, -0.1) is 5.10 Å². The molecule has 7 heteroatoms. The zero-order chi connectivity index (χ0) is 22.2. The van der Waals surface area contributed by atoms with E-state index in [9.17, 15) is 4.79 Å². The minimum Gasteiger partial charge on any atom is -0.496 e. The van der Waals surface area contributed by atoms with Crippen LogP contribution in [0.2, 0.25) is 0 Å². The molecule has 0 atom stereocenters. The van der Waals surface area contributed by atoms with Crippen molar-refractivity contribution in [2.75, 3.05) is 7.11 Å². The van der Waals surface area contributed by atoms with Gasteiger partial charge in [0.15, 0.2) is 5.17 Å². The van der Waals surface area contributed by atoms with E-state index in [1.54, 1.807) is 36.6 Å². The number of carbonyl (C=O) groups is 1. The van der Waals surface area contributed by atoms with Crippen molar-refractivity contribution < 1.29 is 13.9 Å². The van der Waals surface area contributed by atoms with Crippen molar-refractivity contribution in [2.24, 2.45) is 10.2 Å². The molecule has 0 saturated carbocycles. The van der Waals surface area contributed by atoms with Crippen molar-refractivity contribution in [3.8, 4) is 5.75 Å². The zero-order valence-corrected chi connectivity index (χ0v) is 18.2. The first-order chi connectivity index (χ1) is 15.7. The second kappa shape index (κ2) is 10.5. The Balaban J connectivity index is 1.57. The van der Waals surface area contributed by atoms with Crippen LogP contribution >= 0.6 is 11.8 Å². The average Bonchev–Trinajstić information content (AvgIpc) is 3.44. The Morgan fingerprint density at radius 1 is 1.06 bits per heavy atom. The van der Waals surface area contributed by atoms with Gasteiger partial charge in [0.05, 0.1) is 31.0 Å². The first-order valence-corrected chi connectivity index (χ1v) is 10.8. The standard InChI is InChI=1S/C25H21N3O3S/c1-30-22-14-6-5-12-20(22)17-26-27-25-28(18-21-13-8-16-31-21)24(29)23(32-25)15-7-11-19-9-3-2-4-10-19/h2-17H,18H2,1H3/b11-7+,23-15-,26-17+,27-25-. The summed E-state index contributed by atoms with van der Waals surface area (Å²) in [5.74, 6) is 1.22. The summed E-state index contributed by atoms with van der Waals surface area (Å²) in [6, 6.07) is 21.0. The summed E-state index contributed by atoms with van der Waals surface area (Å²) in [5, 5.41) is 9.00. The van der Waals surface area contributed by atoms with Gasteiger partial charge >= 0.3 is 0 Å². The highest BCUT2D eigenvalue weighted by molar-refractivity contribution is 8.18. The summed E-state index contributed by atoms with van der Waals surface area (Å²) in [6.07, 6.45) is 8.80.